The van der Waals surface area contributed by atoms with E-state index in [0.29, 0.717) is 32.4 Å². The molecule has 1 aliphatic heterocycles. The van der Waals surface area contributed by atoms with Gasteiger partial charge in [-0.25, -0.2) is 8.42 Å². The van der Waals surface area contributed by atoms with Gasteiger partial charge >= 0.3 is 0 Å². The molecule has 0 spiro atoms. The van der Waals surface area contributed by atoms with Crippen LogP contribution in [-0.2, 0) is 21.2 Å². The molecule has 0 aliphatic carbocycles. The van der Waals surface area contributed by atoms with Crippen molar-refractivity contribution in [3.05, 3.63) is 29.3 Å². The van der Waals surface area contributed by atoms with Crippen LogP contribution in [0, 0.1) is 6.92 Å². The Hall–Kier alpha value is -1.60. The number of carbonyl (C=O) groups is 1. The largest absolute Gasteiger partial charge is 0.496 e. The number of hydrogen-bond acceptors (Lipinski definition) is 4. The number of hydrogen-bond donors (Lipinski definition) is 1. The minimum absolute atomic E-state index is 0.0945. The van der Waals surface area contributed by atoms with Crippen LogP contribution < -0.4 is 10.1 Å². The molecule has 1 heterocycles. The predicted molar refractivity (Wildman–Crippen MR) is 98.3 cm³/mol. The third kappa shape index (κ3) is 4.95. The molecule has 1 unspecified atom stereocenters. The van der Waals surface area contributed by atoms with Crippen LogP contribution in [0.4, 0.5) is 0 Å². The van der Waals surface area contributed by atoms with E-state index in [2.05, 4.69) is 5.32 Å². The smallest absolute Gasteiger partial charge is 0.238 e. The topological polar surface area (TPSA) is 75.7 Å². The molecule has 1 amide bonds. The summed E-state index contributed by atoms with van der Waals surface area (Å²) in [5.41, 5.74) is 2.17. The van der Waals surface area contributed by atoms with Crippen LogP contribution in [0.5, 0.6) is 5.75 Å². The molecule has 1 saturated heterocycles. The van der Waals surface area contributed by atoms with Crippen molar-refractivity contribution in [1.82, 2.24) is 9.62 Å². The van der Waals surface area contributed by atoms with Crippen LogP contribution >= 0.6 is 0 Å². The van der Waals surface area contributed by atoms with Crippen molar-refractivity contribution in [2.75, 3.05) is 26.0 Å². The molecule has 7 heteroatoms. The first-order valence-electron chi connectivity index (χ1n) is 8.79. The van der Waals surface area contributed by atoms with Crippen LogP contribution in [0.15, 0.2) is 18.2 Å². The number of nitrogens with one attached hydrogen (secondary N) is 1. The summed E-state index contributed by atoms with van der Waals surface area (Å²) in [4.78, 5) is 12.5. The van der Waals surface area contributed by atoms with Crippen molar-refractivity contribution >= 4 is 15.9 Å². The Labute approximate surface area is 150 Å². The monoisotopic (exact) mass is 368 g/mol. The van der Waals surface area contributed by atoms with Crippen LogP contribution in [0.2, 0.25) is 0 Å². The Balaban J connectivity index is 1.95. The van der Waals surface area contributed by atoms with E-state index in [1.165, 1.54) is 4.31 Å². The van der Waals surface area contributed by atoms with E-state index >= 15 is 0 Å². The molecule has 25 heavy (non-hydrogen) atoms. The molecule has 1 fully saturated rings. The van der Waals surface area contributed by atoms with Crippen molar-refractivity contribution in [2.45, 2.75) is 45.6 Å². The van der Waals surface area contributed by atoms with Crippen molar-refractivity contribution < 1.29 is 17.9 Å². The number of carbonyl (C=O) groups excluding carboxylic acids is 1. The number of benzene rings is 1. The maximum absolute atomic E-state index is 12.5. The summed E-state index contributed by atoms with van der Waals surface area (Å²) in [6.07, 6.45) is 2.51. The highest BCUT2D eigenvalue weighted by Gasteiger charge is 2.37. The van der Waals surface area contributed by atoms with E-state index in [9.17, 15) is 13.2 Å². The number of aryl methyl sites for hydroxylation is 1. The van der Waals surface area contributed by atoms with Crippen molar-refractivity contribution in [3.8, 4) is 5.75 Å². The fourth-order valence-corrected chi connectivity index (χ4v) is 5.00. The molecule has 0 bridgehead atoms. The maximum atomic E-state index is 12.5. The Morgan fingerprint density at radius 3 is 2.84 bits per heavy atom. The van der Waals surface area contributed by atoms with E-state index in [4.69, 9.17) is 4.74 Å². The normalized spacial score (nSPS) is 18.3. The number of nitrogens with zero attached hydrogens (tertiary/aromatic N) is 1. The lowest BCUT2D eigenvalue weighted by Crippen LogP contribution is -2.46. The van der Waals surface area contributed by atoms with Crippen LogP contribution in [0.3, 0.4) is 0 Å². The molecule has 1 aromatic rings. The third-order valence-corrected chi connectivity index (χ3v) is 6.53. The van der Waals surface area contributed by atoms with E-state index in [0.717, 1.165) is 23.3 Å². The van der Waals surface area contributed by atoms with Crippen molar-refractivity contribution in [1.29, 1.82) is 0 Å². The van der Waals surface area contributed by atoms with Crippen LogP contribution in [-0.4, -0.2) is 50.6 Å². The third-order valence-electron chi connectivity index (χ3n) is 4.46. The van der Waals surface area contributed by atoms with Gasteiger partial charge in [0.05, 0.1) is 12.9 Å². The standard InChI is InChI=1S/C18H28N2O4S/c1-4-12-25(22,23)20-11-5-6-16(20)18(21)19-10-9-15-13-14(2)7-8-17(15)24-3/h7-8,13,16H,4-6,9-12H2,1-3H3,(H,19,21). The van der Waals surface area contributed by atoms with Crippen molar-refractivity contribution in [3.63, 3.8) is 0 Å². The zero-order valence-corrected chi connectivity index (χ0v) is 16.1. The van der Waals surface area contributed by atoms with Gasteiger partial charge in [-0.2, -0.15) is 4.31 Å². The highest BCUT2D eigenvalue weighted by Crippen LogP contribution is 2.22. The molecule has 1 aromatic carbocycles. The lowest BCUT2D eigenvalue weighted by atomic mass is 10.1. The first kappa shape index (κ1) is 19.7. The number of sulfonamides is 1. The summed E-state index contributed by atoms with van der Waals surface area (Å²) in [6, 6.07) is 5.37. The Morgan fingerprint density at radius 2 is 2.16 bits per heavy atom. The molecule has 1 atom stereocenters. The summed E-state index contributed by atoms with van der Waals surface area (Å²) in [7, 11) is -1.72. The van der Waals surface area contributed by atoms with Gasteiger partial charge in [0.2, 0.25) is 15.9 Å². The van der Waals surface area contributed by atoms with Gasteiger partial charge in [-0.1, -0.05) is 24.6 Å². The summed E-state index contributed by atoms with van der Waals surface area (Å²) < 4.78 is 31.3. The van der Waals surface area contributed by atoms with Crippen molar-refractivity contribution in [2.24, 2.45) is 0 Å². The van der Waals surface area contributed by atoms with Crippen LogP contribution in [0.25, 0.3) is 0 Å². The molecular weight excluding hydrogens is 340 g/mol. The second-order valence-electron chi connectivity index (χ2n) is 6.44. The van der Waals surface area contributed by atoms with E-state index in [1.54, 1.807) is 7.11 Å². The Morgan fingerprint density at radius 1 is 1.40 bits per heavy atom. The first-order chi connectivity index (χ1) is 11.9. The Bertz CT molecular complexity index is 703. The summed E-state index contributed by atoms with van der Waals surface area (Å²) in [5.74, 6) is 0.689. The van der Waals surface area contributed by atoms with E-state index in [1.807, 2.05) is 32.0 Å². The number of ether oxygens (including phenoxy) is 1. The fourth-order valence-electron chi connectivity index (χ4n) is 3.25. The highest BCUT2D eigenvalue weighted by molar-refractivity contribution is 7.89. The second-order valence-corrected chi connectivity index (χ2v) is 8.48. The predicted octanol–water partition coefficient (Wildman–Crippen LogP) is 1.87. The van der Waals surface area contributed by atoms with Gasteiger partial charge in [0, 0.05) is 13.1 Å². The van der Waals surface area contributed by atoms with E-state index in [-0.39, 0.29) is 11.7 Å². The van der Waals surface area contributed by atoms with Gasteiger partial charge in [-0.15, -0.1) is 0 Å². The molecule has 1 N–H and O–H groups in total. The van der Waals surface area contributed by atoms with E-state index < -0.39 is 16.1 Å². The molecule has 0 aromatic heterocycles. The highest BCUT2D eigenvalue weighted by atomic mass is 32.2. The molecular formula is C18H28N2O4S. The minimum Gasteiger partial charge on any atom is -0.496 e. The lowest BCUT2D eigenvalue weighted by molar-refractivity contribution is -0.124. The SMILES string of the molecule is CCCS(=O)(=O)N1CCCC1C(=O)NCCc1cc(C)ccc1OC. The van der Waals surface area contributed by atoms with Gasteiger partial charge in [-0.05, 0) is 44.2 Å². The maximum Gasteiger partial charge on any atom is 0.238 e. The Kier molecular flexibility index (Phi) is 6.84. The minimum atomic E-state index is -3.35. The fraction of sp³-hybridized carbons (Fsp3) is 0.611. The number of rotatable bonds is 8. The second kappa shape index (κ2) is 8.67. The summed E-state index contributed by atoms with van der Waals surface area (Å²) in [6.45, 7) is 4.73. The average molecular weight is 368 g/mol. The van der Waals surface area contributed by atoms with Gasteiger partial charge in [0.1, 0.15) is 11.8 Å². The van der Waals surface area contributed by atoms with Crippen LogP contribution in [0.1, 0.15) is 37.3 Å². The first-order valence-corrected chi connectivity index (χ1v) is 10.4. The zero-order chi connectivity index (χ0) is 18.4. The lowest BCUT2D eigenvalue weighted by Gasteiger charge is -2.23. The number of amides is 1. The molecule has 0 saturated carbocycles. The van der Waals surface area contributed by atoms with Gasteiger partial charge in [-0.3, -0.25) is 4.79 Å². The molecule has 1 aliphatic rings. The van der Waals surface area contributed by atoms with Gasteiger partial charge in [0.25, 0.3) is 0 Å². The molecule has 0 radical (unpaired) electrons. The molecule has 140 valence electrons. The quantitative estimate of drug-likeness (QED) is 0.760. The van der Waals surface area contributed by atoms with Gasteiger partial charge < -0.3 is 10.1 Å². The molecule has 6 nitrogen and oxygen atoms in total. The zero-order valence-electron chi connectivity index (χ0n) is 15.2. The van der Waals surface area contributed by atoms with Gasteiger partial charge in [0.15, 0.2) is 0 Å². The molecule has 2 rings (SSSR count). The number of methoxy groups -OCH3 is 1. The average Bonchev–Trinajstić information content (AvgIpc) is 3.05. The summed E-state index contributed by atoms with van der Waals surface area (Å²) in [5, 5.41) is 2.89. The summed E-state index contributed by atoms with van der Waals surface area (Å²) >= 11 is 0.